The average molecular weight is 1020 g/mol. The van der Waals surface area contributed by atoms with Crippen molar-refractivity contribution in [2.24, 2.45) is 9.98 Å². The minimum atomic E-state index is -10.7. The first-order valence-corrected chi connectivity index (χ1v) is 19.7. The van der Waals surface area contributed by atoms with Crippen LogP contribution in [0.2, 0.25) is 0 Å². The second kappa shape index (κ2) is 32.9. The fourth-order valence-corrected chi connectivity index (χ4v) is 4.91. The molecule has 0 N–H and O–H groups in total. The smallest absolute Gasteiger partial charge is 0.422 e. The van der Waals surface area contributed by atoms with Crippen LogP contribution in [-0.2, 0) is 73.4 Å². The summed E-state index contributed by atoms with van der Waals surface area (Å²) in [5.41, 5.74) is 6.43. The van der Waals surface area contributed by atoms with Gasteiger partial charge in [-0.2, -0.15) is 21.0 Å². The van der Waals surface area contributed by atoms with Crippen LogP contribution in [0.15, 0.2) is 120 Å². The fraction of sp³-hybridized carbons (Fsp3) is 0.220. The van der Waals surface area contributed by atoms with E-state index in [1.54, 1.807) is 36.9 Å². The van der Waals surface area contributed by atoms with E-state index >= 15 is 0 Å². The fourth-order valence-electron chi connectivity index (χ4n) is 4.91. The van der Waals surface area contributed by atoms with Crippen LogP contribution < -0.4 is 5.11 Å². The molecule has 0 amide bonds. The normalized spacial score (nSPS) is 10.3. The molecule has 0 bridgehead atoms. The third-order valence-corrected chi connectivity index (χ3v) is 6.82. The first-order chi connectivity index (χ1) is 29.7. The van der Waals surface area contributed by atoms with Crippen LogP contribution in [-0.4, -0.2) is 41.8 Å². The summed E-state index contributed by atoms with van der Waals surface area (Å²) < 4.78 is 59.2. The molecule has 0 saturated carbocycles. The van der Waals surface area contributed by atoms with Gasteiger partial charge < -0.3 is 25.9 Å². The van der Waals surface area contributed by atoms with E-state index in [2.05, 4.69) is 46.6 Å². The summed E-state index contributed by atoms with van der Waals surface area (Å²) in [7, 11) is -10.7. The molecule has 0 saturated heterocycles. The topological polar surface area (TPSA) is 246 Å². The molecular formula is C41H39Cu2F6N14OP. The predicted molar refractivity (Wildman–Crippen MR) is 222 cm³/mol. The van der Waals surface area contributed by atoms with Crippen molar-refractivity contribution in [1.82, 2.24) is 29.7 Å². The number of hydrogen-bond donors (Lipinski definition) is 0. The number of hydrogen-bond acceptors (Lipinski definition) is 13. The van der Waals surface area contributed by atoms with E-state index in [-0.39, 0.29) is 39.9 Å². The molecule has 15 nitrogen and oxygen atoms in total. The Morgan fingerprint density at radius 3 is 0.969 bits per heavy atom. The number of pyridine rings is 4. The van der Waals surface area contributed by atoms with Crippen molar-refractivity contribution in [3.05, 3.63) is 160 Å². The monoisotopic (exact) mass is 1010 g/mol. The Balaban J connectivity index is -0.00000128. The molecule has 4 heterocycles. The number of benzene rings is 1. The van der Waals surface area contributed by atoms with Gasteiger partial charge in [0.05, 0.1) is 47.3 Å². The van der Waals surface area contributed by atoms with Crippen LogP contribution in [0.3, 0.4) is 0 Å². The van der Waals surface area contributed by atoms with Crippen LogP contribution in [0.4, 0.5) is 25.2 Å². The van der Waals surface area contributed by atoms with Crippen LogP contribution >= 0.6 is 7.81 Å². The summed E-state index contributed by atoms with van der Waals surface area (Å²) in [6, 6.07) is 33.7. The molecular weight excluding hydrogens is 977 g/mol. The summed E-state index contributed by atoms with van der Waals surface area (Å²) in [5, 5.41) is 58.2. The van der Waals surface area contributed by atoms with E-state index in [1.807, 2.05) is 84.9 Å². The van der Waals surface area contributed by atoms with E-state index in [0.29, 0.717) is 39.3 Å². The zero-order chi connectivity index (χ0) is 47.6. The number of nitriles is 4. The van der Waals surface area contributed by atoms with Gasteiger partial charge in [-0.3, -0.25) is 29.7 Å². The number of aromatic nitrogens is 4. The van der Waals surface area contributed by atoms with E-state index in [9.17, 15) is 30.3 Å². The van der Waals surface area contributed by atoms with Gasteiger partial charge in [0.1, 0.15) is 0 Å². The van der Waals surface area contributed by atoms with Gasteiger partial charge in [-0.15, -0.1) is 12.0 Å². The van der Waals surface area contributed by atoms with Crippen molar-refractivity contribution in [3.8, 4) is 30.3 Å². The predicted octanol–water partition coefficient (Wildman–Crippen LogP) is 9.91. The van der Waals surface area contributed by atoms with E-state index in [4.69, 9.17) is 31.9 Å². The molecule has 0 unspecified atom stereocenters. The molecule has 5 rings (SSSR count). The molecule has 0 aliphatic carbocycles. The molecule has 65 heavy (non-hydrogen) atoms. The van der Waals surface area contributed by atoms with Gasteiger partial charge in [0.25, 0.3) is 0 Å². The Bertz CT molecular complexity index is 2130. The Morgan fingerprint density at radius 2 is 0.800 bits per heavy atom. The standard InChI is InChI=1S/C33H34N6O.2C2N3.2C2H3N.2Cu.F6P/c1-26-18-27(20-38(22-29-10-2-6-14-34-29)23-30-11-3-7-15-35-30)33(40)28(19-26)21-39(24-31-12-4-8-16-36-31)25-32-13-5-9-17-37-32;2*3-1-5-2-4;2*1-2-3;;;1-7(2,3,4,5)6/h2-19,40H,20-25H2,1H3;;;2*1H3;;;/q;2*-1;;;2*+2;-1/p-1. The Morgan fingerprint density at radius 1 is 0.554 bits per heavy atom. The van der Waals surface area contributed by atoms with Gasteiger partial charge in [-0.05, 0) is 66.6 Å². The van der Waals surface area contributed by atoms with Crippen molar-refractivity contribution in [3.63, 3.8) is 0 Å². The molecule has 1 aromatic carbocycles. The largest absolute Gasteiger partial charge is 2.00 e. The average Bonchev–Trinajstić information content (AvgIpc) is 3.22. The van der Waals surface area contributed by atoms with Crippen molar-refractivity contribution >= 4 is 19.8 Å². The number of aryl methyl sites for hydroxylation is 1. The van der Waals surface area contributed by atoms with Gasteiger partial charge in [0, 0.05) is 77.9 Å². The van der Waals surface area contributed by atoms with Crippen LogP contribution in [0.1, 0.15) is 53.3 Å². The zero-order valence-corrected chi connectivity index (χ0v) is 37.4. The zero-order valence-electron chi connectivity index (χ0n) is 34.6. The van der Waals surface area contributed by atoms with E-state index in [0.717, 1.165) is 39.5 Å². The third-order valence-electron chi connectivity index (χ3n) is 6.82. The quantitative estimate of drug-likeness (QED) is 0.0374. The Labute approximate surface area is 393 Å². The molecule has 24 heteroatoms. The van der Waals surface area contributed by atoms with Gasteiger partial charge in [0.15, 0.2) is 0 Å². The van der Waals surface area contributed by atoms with Gasteiger partial charge in [0.2, 0.25) is 0 Å². The molecule has 0 spiro atoms. The minimum Gasteiger partial charge on any atom is -0.422 e. The molecule has 0 fully saturated rings. The number of aliphatic imine (C=N–C) groups is 2. The summed E-state index contributed by atoms with van der Waals surface area (Å²) in [6.07, 6.45) is 9.77. The second-order valence-electron chi connectivity index (χ2n) is 12.0. The van der Waals surface area contributed by atoms with Crippen molar-refractivity contribution in [2.45, 2.75) is 60.0 Å². The van der Waals surface area contributed by atoms with Gasteiger partial charge >= 0.3 is 67.1 Å². The maximum atomic E-state index is 13.9. The number of halogens is 6. The molecule has 4 aromatic heterocycles. The Hall–Kier alpha value is -6.69. The molecule has 0 aliphatic heterocycles. The molecule has 0 atom stereocenters. The summed E-state index contributed by atoms with van der Waals surface area (Å²) >= 11 is 0. The van der Waals surface area contributed by atoms with Gasteiger partial charge in [-0.25, -0.2) is 0 Å². The molecule has 5 aromatic rings. The van der Waals surface area contributed by atoms with Crippen molar-refractivity contribution < 1.29 is 64.4 Å². The Kier molecular flexibility index (Phi) is 31.7. The first kappa shape index (κ1) is 62.6. The van der Waals surface area contributed by atoms with Crippen molar-refractivity contribution in [2.75, 3.05) is 0 Å². The first-order valence-electron chi connectivity index (χ1n) is 17.7. The van der Waals surface area contributed by atoms with Gasteiger partial charge in [-0.1, -0.05) is 47.7 Å². The van der Waals surface area contributed by atoms with Crippen LogP contribution in [0.5, 0.6) is 5.75 Å². The molecule has 2 radical (unpaired) electrons. The SMILES string of the molecule is CC#N.CC#N.Cc1cc(CN(Cc2ccccn2)Cc2ccccn2)c([O-])c(CN(Cc2ccccn2)Cc2ccccn2)c1.F[P-](F)(F)(F)(F)F.N#CN=C=[N-].N#CN=C=[N-].[Cu+2].[Cu+2]. The van der Waals surface area contributed by atoms with Crippen LogP contribution in [0, 0.1) is 52.5 Å². The molecule has 0 aliphatic rings. The second-order valence-corrected chi connectivity index (χ2v) is 13.9. The maximum Gasteiger partial charge on any atom is 2.00 e. The van der Waals surface area contributed by atoms with Crippen molar-refractivity contribution in [1.29, 1.82) is 21.0 Å². The van der Waals surface area contributed by atoms with E-state index < -0.39 is 7.81 Å². The summed E-state index contributed by atoms with van der Waals surface area (Å²) in [4.78, 5) is 27.7. The summed E-state index contributed by atoms with van der Waals surface area (Å²) in [5.74, 6) is 0.0738. The maximum absolute atomic E-state index is 13.9. The number of rotatable bonds is 12. The van der Waals surface area contributed by atoms with Crippen LogP contribution in [0.25, 0.3) is 10.8 Å². The van der Waals surface area contributed by atoms with E-state index in [1.165, 1.54) is 38.3 Å². The molecule has 348 valence electrons. The minimum absolute atomic E-state index is 0. The summed E-state index contributed by atoms with van der Waals surface area (Å²) in [6.45, 7) is 8.38. The number of nitrogens with zero attached hydrogens (tertiary/aromatic N) is 14. The third kappa shape index (κ3) is 36.5.